The van der Waals surface area contributed by atoms with E-state index in [2.05, 4.69) is 10.4 Å². The summed E-state index contributed by atoms with van der Waals surface area (Å²) in [5.41, 5.74) is 2.43. The van der Waals surface area contributed by atoms with Crippen molar-refractivity contribution in [3.05, 3.63) is 17.0 Å². The van der Waals surface area contributed by atoms with E-state index in [0.29, 0.717) is 6.54 Å². The number of nitrogens with one attached hydrogen (secondary N) is 1. The van der Waals surface area contributed by atoms with Crippen LogP contribution in [-0.2, 0) is 27.9 Å². The van der Waals surface area contributed by atoms with Gasteiger partial charge >= 0.3 is 5.97 Å². The predicted molar refractivity (Wildman–Crippen MR) is 79.6 cm³/mol. The second-order valence-corrected chi connectivity index (χ2v) is 6.14. The molecule has 1 N–H and O–H groups in total. The lowest BCUT2D eigenvalue weighted by Gasteiger charge is -2.19. The van der Waals surface area contributed by atoms with Crippen LogP contribution in [0.4, 0.5) is 0 Å². The van der Waals surface area contributed by atoms with Crippen molar-refractivity contribution in [2.45, 2.75) is 59.6 Å². The molecular weight excluding hydrogens is 270 g/mol. The number of esters is 1. The van der Waals surface area contributed by atoms with Crippen molar-refractivity contribution in [1.82, 2.24) is 15.1 Å². The quantitative estimate of drug-likeness (QED) is 0.840. The summed E-state index contributed by atoms with van der Waals surface area (Å²) < 4.78 is 6.95. The standard InChI is InChI=1S/C15H25N3O3/c1-10-12(11(2)18(6)17-10)9-16-13(19)7-8-14(20)21-15(3,4)5/h7-9H2,1-6H3,(H,16,19). The summed E-state index contributed by atoms with van der Waals surface area (Å²) in [7, 11) is 1.87. The highest BCUT2D eigenvalue weighted by Crippen LogP contribution is 2.12. The van der Waals surface area contributed by atoms with E-state index in [0.717, 1.165) is 17.0 Å². The molecule has 0 aliphatic rings. The Hall–Kier alpha value is -1.85. The molecule has 21 heavy (non-hydrogen) atoms. The van der Waals surface area contributed by atoms with Crippen LogP contribution in [0.3, 0.4) is 0 Å². The molecule has 6 nitrogen and oxygen atoms in total. The number of carbonyl (C=O) groups is 2. The zero-order chi connectivity index (χ0) is 16.2. The van der Waals surface area contributed by atoms with E-state index in [9.17, 15) is 9.59 Å². The molecule has 1 aromatic heterocycles. The highest BCUT2D eigenvalue weighted by Gasteiger charge is 2.17. The van der Waals surface area contributed by atoms with Crippen LogP contribution in [0.15, 0.2) is 0 Å². The van der Waals surface area contributed by atoms with Crippen LogP contribution in [0.5, 0.6) is 0 Å². The minimum Gasteiger partial charge on any atom is -0.460 e. The first kappa shape index (κ1) is 17.2. The number of aryl methyl sites for hydroxylation is 2. The maximum Gasteiger partial charge on any atom is 0.306 e. The van der Waals surface area contributed by atoms with Crippen molar-refractivity contribution in [3.8, 4) is 0 Å². The van der Waals surface area contributed by atoms with Gasteiger partial charge in [-0.25, -0.2) is 0 Å². The first-order chi connectivity index (χ1) is 9.60. The molecule has 0 saturated carbocycles. The molecule has 0 bridgehead atoms. The van der Waals surface area contributed by atoms with Gasteiger partial charge in [0.15, 0.2) is 0 Å². The summed E-state index contributed by atoms with van der Waals surface area (Å²) in [5, 5.41) is 7.11. The Morgan fingerprint density at radius 3 is 2.33 bits per heavy atom. The third-order valence-electron chi connectivity index (χ3n) is 3.10. The van der Waals surface area contributed by atoms with E-state index in [1.54, 1.807) is 25.5 Å². The van der Waals surface area contributed by atoms with Crippen molar-refractivity contribution < 1.29 is 14.3 Å². The number of aromatic nitrogens is 2. The third-order valence-corrected chi connectivity index (χ3v) is 3.10. The van der Waals surface area contributed by atoms with Crippen molar-refractivity contribution in [3.63, 3.8) is 0 Å². The summed E-state index contributed by atoms with van der Waals surface area (Å²) in [5.74, 6) is -0.519. The molecule has 0 spiro atoms. The lowest BCUT2D eigenvalue weighted by atomic mass is 10.2. The SMILES string of the molecule is Cc1nn(C)c(C)c1CNC(=O)CCC(=O)OC(C)(C)C. The molecule has 0 radical (unpaired) electrons. The Kier molecular flexibility index (Phi) is 5.52. The van der Waals surface area contributed by atoms with Gasteiger partial charge in [-0.2, -0.15) is 5.10 Å². The van der Waals surface area contributed by atoms with Crippen molar-refractivity contribution in [2.75, 3.05) is 0 Å². The van der Waals surface area contributed by atoms with Gasteiger partial charge in [0.2, 0.25) is 5.91 Å². The highest BCUT2D eigenvalue weighted by molar-refractivity contribution is 5.81. The summed E-state index contributed by atoms with van der Waals surface area (Å²) in [6.45, 7) is 9.72. The van der Waals surface area contributed by atoms with Crippen LogP contribution >= 0.6 is 0 Å². The maximum atomic E-state index is 11.8. The Morgan fingerprint density at radius 2 is 1.86 bits per heavy atom. The maximum absolute atomic E-state index is 11.8. The Morgan fingerprint density at radius 1 is 1.24 bits per heavy atom. The molecule has 1 amide bonds. The molecule has 0 unspecified atom stereocenters. The Balaban J connectivity index is 2.40. The Bertz CT molecular complexity index is 527. The molecule has 1 rings (SSSR count). The Labute approximate surface area is 125 Å². The average Bonchev–Trinajstić information content (AvgIpc) is 2.57. The van der Waals surface area contributed by atoms with Gasteiger partial charge in [-0.3, -0.25) is 14.3 Å². The molecule has 118 valence electrons. The minimum atomic E-state index is -0.516. The lowest BCUT2D eigenvalue weighted by molar-refractivity contribution is -0.155. The molecule has 1 heterocycles. The number of rotatable bonds is 5. The molecule has 6 heteroatoms. The second kappa shape index (κ2) is 6.74. The van der Waals surface area contributed by atoms with Crippen LogP contribution in [0.1, 0.15) is 50.6 Å². The smallest absolute Gasteiger partial charge is 0.306 e. The van der Waals surface area contributed by atoms with E-state index >= 15 is 0 Å². The van der Waals surface area contributed by atoms with E-state index in [1.165, 1.54) is 0 Å². The van der Waals surface area contributed by atoms with Gasteiger partial charge in [0, 0.05) is 31.3 Å². The van der Waals surface area contributed by atoms with Gasteiger partial charge in [-0.05, 0) is 34.6 Å². The fourth-order valence-corrected chi connectivity index (χ4v) is 1.96. The van der Waals surface area contributed by atoms with Crippen LogP contribution in [0, 0.1) is 13.8 Å². The van der Waals surface area contributed by atoms with Crippen LogP contribution in [0.25, 0.3) is 0 Å². The largest absolute Gasteiger partial charge is 0.460 e. The van der Waals surface area contributed by atoms with E-state index in [-0.39, 0.29) is 24.7 Å². The third kappa shape index (κ3) is 5.57. The fraction of sp³-hybridized carbons (Fsp3) is 0.667. The van der Waals surface area contributed by atoms with Crippen molar-refractivity contribution in [2.24, 2.45) is 7.05 Å². The van der Waals surface area contributed by atoms with E-state index in [1.807, 2.05) is 20.9 Å². The molecule has 0 aliphatic heterocycles. The molecule has 0 atom stereocenters. The lowest BCUT2D eigenvalue weighted by Crippen LogP contribution is -2.27. The van der Waals surface area contributed by atoms with Gasteiger partial charge in [-0.1, -0.05) is 0 Å². The predicted octanol–water partition coefficient (Wildman–Crippen LogP) is 1.78. The molecule has 1 aromatic rings. The number of hydrogen-bond donors (Lipinski definition) is 1. The summed E-state index contributed by atoms with van der Waals surface area (Å²) in [6.07, 6.45) is 0.224. The second-order valence-electron chi connectivity index (χ2n) is 6.14. The van der Waals surface area contributed by atoms with Gasteiger partial charge in [-0.15, -0.1) is 0 Å². The fourth-order valence-electron chi connectivity index (χ4n) is 1.96. The highest BCUT2D eigenvalue weighted by atomic mass is 16.6. The van der Waals surface area contributed by atoms with Gasteiger partial charge in [0.25, 0.3) is 0 Å². The van der Waals surface area contributed by atoms with Gasteiger partial charge in [0.05, 0.1) is 12.1 Å². The zero-order valence-electron chi connectivity index (χ0n) is 13.7. The van der Waals surface area contributed by atoms with Crippen LogP contribution in [0.2, 0.25) is 0 Å². The number of carbonyl (C=O) groups excluding carboxylic acids is 2. The average molecular weight is 295 g/mol. The number of hydrogen-bond acceptors (Lipinski definition) is 4. The van der Waals surface area contributed by atoms with Crippen LogP contribution in [-0.4, -0.2) is 27.3 Å². The first-order valence-corrected chi connectivity index (χ1v) is 7.08. The van der Waals surface area contributed by atoms with E-state index in [4.69, 9.17) is 4.74 Å². The number of ether oxygens (including phenoxy) is 1. The molecule has 0 saturated heterocycles. The van der Waals surface area contributed by atoms with Gasteiger partial charge in [0.1, 0.15) is 5.60 Å². The molecule has 0 aliphatic carbocycles. The summed E-state index contributed by atoms with van der Waals surface area (Å²) in [6, 6.07) is 0. The van der Waals surface area contributed by atoms with E-state index < -0.39 is 5.60 Å². The summed E-state index contributed by atoms with van der Waals surface area (Å²) >= 11 is 0. The minimum absolute atomic E-state index is 0.0914. The van der Waals surface area contributed by atoms with Gasteiger partial charge < -0.3 is 10.1 Å². The number of nitrogens with zero attached hydrogens (tertiary/aromatic N) is 2. The zero-order valence-corrected chi connectivity index (χ0v) is 13.7. The molecule has 0 aromatic carbocycles. The number of amides is 1. The normalized spacial score (nSPS) is 11.3. The molecular formula is C15H25N3O3. The molecule has 0 fully saturated rings. The summed E-state index contributed by atoms with van der Waals surface area (Å²) in [4.78, 5) is 23.3. The first-order valence-electron chi connectivity index (χ1n) is 7.08. The topological polar surface area (TPSA) is 73.2 Å². The van der Waals surface area contributed by atoms with Crippen molar-refractivity contribution >= 4 is 11.9 Å². The van der Waals surface area contributed by atoms with Crippen LogP contribution < -0.4 is 5.32 Å². The monoisotopic (exact) mass is 295 g/mol. The van der Waals surface area contributed by atoms with Crippen molar-refractivity contribution in [1.29, 1.82) is 0 Å².